The molecule has 1 aliphatic carbocycles. The van der Waals surface area contributed by atoms with Gasteiger partial charge in [0.05, 0.1) is 5.92 Å². The summed E-state index contributed by atoms with van der Waals surface area (Å²) >= 11 is 3.35. The Balaban J connectivity index is 2.17. The first-order valence-corrected chi connectivity index (χ1v) is 7.17. The number of benzene rings is 1. The van der Waals surface area contributed by atoms with Crippen LogP contribution in [-0.4, -0.2) is 16.9 Å². The Labute approximate surface area is 114 Å². The van der Waals surface area contributed by atoms with E-state index in [0.717, 1.165) is 17.3 Å². The molecule has 1 aromatic carbocycles. The third kappa shape index (κ3) is 2.64. The van der Waals surface area contributed by atoms with Gasteiger partial charge in [0.2, 0.25) is 0 Å². The molecule has 96 valence electrons. The van der Waals surface area contributed by atoms with Gasteiger partial charge in [0.25, 0.3) is 0 Å². The number of carboxylic acids is 1. The van der Waals surface area contributed by atoms with Gasteiger partial charge < -0.3 is 5.11 Å². The maximum atomic E-state index is 12.3. The molecule has 0 aromatic heterocycles. The van der Waals surface area contributed by atoms with Crippen molar-refractivity contribution in [2.24, 2.45) is 11.8 Å². The lowest BCUT2D eigenvalue weighted by Gasteiger charge is -2.14. The fraction of sp³-hybridized carbons (Fsp3) is 0.429. The number of alkyl halides is 1. The normalized spacial score (nSPS) is 22.9. The lowest BCUT2D eigenvalue weighted by Crippen LogP contribution is -2.25. The SMILES string of the molecule is O=C(O)[C@@H]1CCC[C@H]1C(=O)c1ccc(CBr)cc1. The van der Waals surface area contributed by atoms with Crippen molar-refractivity contribution in [2.75, 3.05) is 0 Å². The molecule has 0 spiro atoms. The zero-order chi connectivity index (χ0) is 13.1. The molecule has 1 fully saturated rings. The highest BCUT2D eigenvalue weighted by Gasteiger charge is 2.37. The Hall–Kier alpha value is -1.16. The number of ketones is 1. The van der Waals surface area contributed by atoms with Crippen LogP contribution in [-0.2, 0) is 10.1 Å². The van der Waals surface area contributed by atoms with E-state index in [-0.39, 0.29) is 11.7 Å². The van der Waals surface area contributed by atoms with Gasteiger partial charge in [0.1, 0.15) is 0 Å². The number of aliphatic carboxylic acids is 1. The summed E-state index contributed by atoms with van der Waals surface area (Å²) in [5, 5.41) is 9.86. The van der Waals surface area contributed by atoms with E-state index >= 15 is 0 Å². The molecule has 0 unspecified atom stereocenters. The van der Waals surface area contributed by atoms with Crippen LogP contribution in [0.4, 0.5) is 0 Å². The van der Waals surface area contributed by atoms with Gasteiger partial charge in [0.15, 0.2) is 5.78 Å². The maximum Gasteiger partial charge on any atom is 0.307 e. The summed E-state index contributed by atoms with van der Waals surface area (Å²) < 4.78 is 0. The van der Waals surface area contributed by atoms with Crippen molar-refractivity contribution in [1.82, 2.24) is 0 Å². The highest BCUT2D eigenvalue weighted by molar-refractivity contribution is 9.08. The fourth-order valence-electron chi connectivity index (χ4n) is 2.54. The summed E-state index contributed by atoms with van der Waals surface area (Å²) in [5.74, 6) is -1.73. The van der Waals surface area contributed by atoms with Crippen LogP contribution in [0.2, 0.25) is 0 Å². The average Bonchev–Trinajstić information content (AvgIpc) is 2.87. The van der Waals surface area contributed by atoms with Gasteiger partial charge >= 0.3 is 5.97 Å². The number of carbonyl (C=O) groups excluding carboxylic acids is 1. The Bertz CT molecular complexity index is 453. The van der Waals surface area contributed by atoms with Gasteiger partial charge in [-0.15, -0.1) is 0 Å². The van der Waals surface area contributed by atoms with Gasteiger partial charge in [-0.3, -0.25) is 9.59 Å². The molecule has 1 aromatic rings. The van der Waals surface area contributed by atoms with Gasteiger partial charge in [-0.25, -0.2) is 0 Å². The summed E-state index contributed by atoms with van der Waals surface area (Å²) in [4.78, 5) is 23.4. The second kappa shape index (κ2) is 5.65. The summed E-state index contributed by atoms with van der Waals surface area (Å²) in [7, 11) is 0. The molecule has 18 heavy (non-hydrogen) atoms. The number of hydrogen-bond acceptors (Lipinski definition) is 2. The minimum atomic E-state index is -0.845. The van der Waals surface area contributed by atoms with Crippen LogP contribution in [0.25, 0.3) is 0 Å². The number of hydrogen-bond donors (Lipinski definition) is 1. The van der Waals surface area contributed by atoms with Gasteiger partial charge in [-0.2, -0.15) is 0 Å². The van der Waals surface area contributed by atoms with Crippen molar-refractivity contribution < 1.29 is 14.7 Å². The predicted octanol–water partition coefficient (Wildman–Crippen LogP) is 3.27. The van der Waals surface area contributed by atoms with Gasteiger partial charge in [-0.05, 0) is 18.4 Å². The van der Waals surface area contributed by atoms with Crippen molar-refractivity contribution in [3.05, 3.63) is 35.4 Å². The number of carboxylic acid groups (broad SMARTS) is 1. The molecule has 1 saturated carbocycles. The molecular weight excluding hydrogens is 296 g/mol. The molecule has 3 nitrogen and oxygen atoms in total. The molecule has 1 N–H and O–H groups in total. The van der Waals surface area contributed by atoms with Crippen LogP contribution in [0.1, 0.15) is 35.2 Å². The minimum Gasteiger partial charge on any atom is -0.481 e. The van der Waals surface area contributed by atoms with E-state index in [1.54, 1.807) is 12.1 Å². The van der Waals surface area contributed by atoms with E-state index in [1.807, 2.05) is 12.1 Å². The quantitative estimate of drug-likeness (QED) is 0.686. The average molecular weight is 311 g/mol. The Morgan fingerprint density at radius 2 is 1.78 bits per heavy atom. The Kier molecular flexibility index (Phi) is 4.17. The fourth-order valence-corrected chi connectivity index (χ4v) is 2.92. The summed E-state index contributed by atoms with van der Waals surface area (Å²) in [6, 6.07) is 7.37. The first kappa shape index (κ1) is 13.3. The third-order valence-corrected chi connectivity index (χ3v) is 4.21. The Morgan fingerprint density at radius 3 is 2.33 bits per heavy atom. The first-order chi connectivity index (χ1) is 8.63. The highest BCUT2D eigenvalue weighted by atomic mass is 79.9. The van der Waals surface area contributed by atoms with Crippen LogP contribution in [0.5, 0.6) is 0 Å². The van der Waals surface area contributed by atoms with Crippen LogP contribution >= 0.6 is 15.9 Å². The highest BCUT2D eigenvalue weighted by Crippen LogP contribution is 2.34. The number of carbonyl (C=O) groups is 2. The molecule has 1 aliphatic rings. The molecule has 0 amide bonds. The van der Waals surface area contributed by atoms with Gasteiger partial charge in [0, 0.05) is 16.8 Å². The Morgan fingerprint density at radius 1 is 1.17 bits per heavy atom. The maximum absolute atomic E-state index is 12.3. The molecule has 0 saturated heterocycles. The number of Topliss-reactive ketones (excluding diaryl/α,β-unsaturated/α-hetero) is 1. The largest absolute Gasteiger partial charge is 0.481 e. The molecule has 2 rings (SSSR count). The first-order valence-electron chi connectivity index (χ1n) is 6.05. The van der Waals surface area contributed by atoms with E-state index in [4.69, 9.17) is 5.11 Å². The lowest BCUT2D eigenvalue weighted by molar-refractivity contribution is -0.142. The van der Waals surface area contributed by atoms with E-state index < -0.39 is 11.9 Å². The monoisotopic (exact) mass is 310 g/mol. The molecule has 4 heteroatoms. The second-order valence-electron chi connectivity index (χ2n) is 4.68. The van der Waals surface area contributed by atoms with E-state index in [9.17, 15) is 9.59 Å². The van der Waals surface area contributed by atoms with Crippen molar-refractivity contribution in [3.8, 4) is 0 Å². The number of halogens is 1. The number of rotatable bonds is 4. The third-order valence-electron chi connectivity index (χ3n) is 3.56. The molecular formula is C14H15BrO3. The molecule has 0 bridgehead atoms. The van der Waals surface area contributed by atoms with Crippen molar-refractivity contribution in [1.29, 1.82) is 0 Å². The zero-order valence-electron chi connectivity index (χ0n) is 9.93. The van der Waals surface area contributed by atoms with Crippen LogP contribution in [0.15, 0.2) is 24.3 Å². The van der Waals surface area contributed by atoms with Crippen molar-refractivity contribution in [2.45, 2.75) is 24.6 Å². The van der Waals surface area contributed by atoms with Crippen LogP contribution in [0, 0.1) is 11.8 Å². The van der Waals surface area contributed by atoms with Crippen molar-refractivity contribution >= 4 is 27.7 Å². The molecule has 0 aliphatic heterocycles. The summed E-state index contributed by atoms with van der Waals surface area (Å²) in [5.41, 5.74) is 1.73. The van der Waals surface area contributed by atoms with Gasteiger partial charge in [-0.1, -0.05) is 46.6 Å². The molecule has 0 radical (unpaired) electrons. The standard InChI is InChI=1S/C14H15BrO3/c15-8-9-4-6-10(7-5-9)13(16)11-2-1-3-12(11)14(17)18/h4-7,11-12H,1-3,8H2,(H,17,18)/t11-,12-/m1/s1. The summed E-state index contributed by atoms with van der Waals surface area (Å²) in [6.45, 7) is 0. The predicted molar refractivity (Wildman–Crippen MR) is 71.9 cm³/mol. The van der Waals surface area contributed by atoms with Crippen LogP contribution < -0.4 is 0 Å². The topological polar surface area (TPSA) is 54.4 Å². The van der Waals surface area contributed by atoms with E-state index in [2.05, 4.69) is 15.9 Å². The van der Waals surface area contributed by atoms with Crippen molar-refractivity contribution in [3.63, 3.8) is 0 Å². The lowest BCUT2D eigenvalue weighted by atomic mass is 9.88. The van der Waals surface area contributed by atoms with E-state index in [0.29, 0.717) is 18.4 Å². The minimum absolute atomic E-state index is 0.0268. The zero-order valence-corrected chi connectivity index (χ0v) is 11.5. The smallest absolute Gasteiger partial charge is 0.307 e. The summed E-state index contributed by atoms with van der Waals surface area (Å²) in [6.07, 6.45) is 2.13. The molecule has 2 atom stereocenters. The second-order valence-corrected chi connectivity index (χ2v) is 5.24. The van der Waals surface area contributed by atoms with Crippen LogP contribution in [0.3, 0.4) is 0 Å². The molecule has 0 heterocycles. The van der Waals surface area contributed by atoms with E-state index in [1.165, 1.54) is 0 Å².